The fourth-order valence-corrected chi connectivity index (χ4v) is 4.01. The van der Waals surface area contributed by atoms with Crippen molar-refractivity contribution in [3.05, 3.63) is 35.4 Å². The Labute approximate surface area is 163 Å². The van der Waals surface area contributed by atoms with E-state index in [2.05, 4.69) is 24.1 Å². The van der Waals surface area contributed by atoms with Gasteiger partial charge in [-0.3, -0.25) is 4.79 Å². The number of nitrogens with one attached hydrogen (secondary N) is 1. The van der Waals surface area contributed by atoms with Gasteiger partial charge in [-0.1, -0.05) is 19.1 Å². The topological polar surface area (TPSA) is 47.9 Å². The van der Waals surface area contributed by atoms with E-state index in [0.717, 1.165) is 68.6 Å². The van der Waals surface area contributed by atoms with Gasteiger partial charge in [0.1, 0.15) is 0 Å². The highest BCUT2D eigenvalue weighted by Gasteiger charge is 2.19. The number of carbonyl (C=O) groups excluding carboxylic acids is 1. The Bertz CT molecular complexity index is 634. The lowest BCUT2D eigenvalue weighted by atomic mass is 10.0. The molecule has 0 radical (unpaired) electrons. The SMILES string of the molecule is CCNC(=NCc1ccc(C(=O)N2CCCCC2)cc1)N1CCCC(C)C1. The standard InChI is InChI=1S/C22H34N4O/c1-3-23-22(26-15-7-8-18(2)17-26)24-16-19-9-11-20(12-10-19)21(27)25-13-5-4-6-14-25/h9-12,18H,3-8,13-17H2,1-2H3,(H,23,24). The first-order chi connectivity index (χ1) is 13.2. The number of piperidine rings is 2. The fraction of sp³-hybridized carbons (Fsp3) is 0.636. The first-order valence-electron chi connectivity index (χ1n) is 10.6. The molecule has 2 saturated heterocycles. The molecule has 1 unspecified atom stereocenters. The van der Waals surface area contributed by atoms with Crippen molar-refractivity contribution in [2.24, 2.45) is 10.9 Å². The van der Waals surface area contributed by atoms with E-state index in [4.69, 9.17) is 4.99 Å². The molecule has 1 atom stereocenters. The fourth-order valence-electron chi connectivity index (χ4n) is 4.01. The van der Waals surface area contributed by atoms with E-state index in [-0.39, 0.29) is 5.91 Å². The van der Waals surface area contributed by atoms with E-state index in [1.165, 1.54) is 19.3 Å². The maximum atomic E-state index is 12.6. The Morgan fingerprint density at radius 3 is 2.44 bits per heavy atom. The molecule has 3 rings (SSSR count). The molecule has 2 aliphatic heterocycles. The van der Waals surface area contributed by atoms with Crippen LogP contribution in [-0.2, 0) is 6.54 Å². The van der Waals surface area contributed by atoms with E-state index >= 15 is 0 Å². The third-order valence-electron chi connectivity index (χ3n) is 5.55. The summed E-state index contributed by atoms with van der Waals surface area (Å²) < 4.78 is 0. The average Bonchev–Trinajstić information content (AvgIpc) is 2.71. The van der Waals surface area contributed by atoms with E-state index in [0.29, 0.717) is 6.54 Å². The Hall–Kier alpha value is -2.04. The van der Waals surface area contributed by atoms with Gasteiger partial charge in [-0.05, 0) is 62.6 Å². The summed E-state index contributed by atoms with van der Waals surface area (Å²) >= 11 is 0. The van der Waals surface area contributed by atoms with Crippen LogP contribution in [0.4, 0.5) is 0 Å². The summed E-state index contributed by atoms with van der Waals surface area (Å²) in [6, 6.07) is 8.00. The van der Waals surface area contributed by atoms with E-state index < -0.39 is 0 Å². The second-order valence-electron chi connectivity index (χ2n) is 7.91. The molecule has 0 bridgehead atoms. The molecular formula is C22H34N4O. The number of aliphatic imine (C=N–C) groups is 1. The van der Waals surface area contributed by atoms with Crippen LogP contribution in [0.1, 0.15) is 61.9 Å². The Morgan fingerprint density at radius 1 is 1.07 bits per heavy atom. The van der Waals surface area contributed by atoms with Gasteiger partial charge in [-0.2, -0.15) is 0 Å². The van der Waals surface area contributed by atoms with Crippen LogP contribution in [0.15, 0.2) is 29.3 Å². The number of nitrogens with zero attached hydrogens (tertiary/aromatic N) is 3. The van der Waals surface area contributed by atoms with Gasteiger partial charge in [0.15, 0.2) is 5.96 Å². The van der Waals surface area contributed by atoms with Crippen LogP contribution in [0, 0.1) is 5.92 Å². The largest absolute Gasteiger partial charge is 0.357 e. The predicted molar refractivity (Wildman–Crippen MR) is 111 cm³/mol. The number of likely N-dealkylation sites (tertiary alicyclic amines) is 2. The molecular weight excluding hydrogens is 336 g/mol. The Balaban J connectivity index is 1.62. The molecule has 5 heteroatoms. The smallest absolute Gasteiger partial charge is 0.253 e. The van der Waals surface area contributed by atoms with Gasteiger partial charge in [0, 0.05) is 38.3 Å². The molecule has 1 aromatic rings. The molecule has 0 saturated carbocycles. The maximum Gasteiger partial charge on any atom is 0.253 e. The highest BCUT2D eigenvalue weighted by molar-refractivity contribution is 5.94. The molecule has 148 valence electrons. The molecule has 0 aromatic heterocycles. The van der Waals surface area contributed by atoms with Crippen molar-refractivity contribution in [3.63, 3.8) is 0 Å². The van der Waals surface area contributed by atoms with Gasteiger partial charge in [0.25, 0.3) is 5.91 Å². The number of benzene rings is 1. The zero-order chi connectivity index (χ0) is 19.1. The van der Waals surface area contributed by atoms with Crippen molar-refractivity contribution in [3.8, 4) is 0 Å². The van der Waals surface area contributed by atoms with Crippen LogP contribution < -0.4 is 5.32 Å². The quantitative estimate of drug-likeness (QED) is 0.652. The van der Waals surface area contributed by atoms with Crippen molar-refractivity contribution in [1.82, 2.24) is 15.1 Å². The summed E-state index contributed by atoms with van der Waals surface area (Å²) in [6.07, 6.45) is 6.04. The number of guanidine groups is 1. The monoisotopic (exact) mass is 370 g/mol. The van der Waals surface area contributed by atoms with Crippen LogP contribution in [0.25, 0.3) is 0 Å². The van der Waals surface area contributed by atoms with Gasteiger partial charge >= 0.3 is 0 Å². The maximum absolute atomic E-state index is 12.6. The van der Waals surface area contributed by atoms with Crippen LogP contribution in [-0.4, -0.2) is 54.4 Å². The second-order valence-corrected chi connectivity index (χ2v) is 7.91. The zero-order valence-corrected chi connectivity index (χ0v) is 16.9. The Morgan fingerprint density at radius 2 is 1.78 bits per heavy atom. The molecule has 2 heterocycles. The van der Waals surface area contributed by atoms with Crippen molar-refractivity contribution in [1.29, 1.82) is 0 Å². The minimum absolute atomic E-state index is 0.167. The van der Waals surface area contributed by atoms with Crippen molar-refractivity contribution in [2.45, 2.75) is 52.5 Å². The molecule has 1 N–H and O–H groups in total. The lowest BCUT2D eigenvalue weighted by molar-refractivity contribution is 0.0724. The number of hydrogen-bond donors (Lipinski definition) is 1. The van der Waals surface area contributed by atoms with Crippen LogP contribution in [0.5, 0.6) is 0 Å². The number of rotatable bonds is 4. The third-order valence-corrected chi connectivity index (χ3v) is 5.55. The highest BCUT2D eigenvalue weighted by atomic mass is 16.2. The van der Waals surface area contributed by atoms with Gasteiger partial charge in [0.05, 0.1) is 6.54 Å². The first kappa shape index (κ1) is 19.7. The summed E-state index contributed by atoms with van der Waals surface area (Å²) in [7, 11) is 0. The average molecular weight is 371 g/mol. The molecule has 2 aliphatic rings. The summed E-state index contributed by atoms with van der Waals surface area (Å²) in [4.78, 5) is 21.8. The lowest BCUT2D eigenvalue weighted by Crippen LogP contribution is -2.46. The number of carbonyl (C=O) groups is 1. The number of amides is 1. The number of hydrogen-bond acceptors (Lipinski definition) is 2. The highest BCUT2D eigenvalue weighted by Crippen LogP contribution is 2.17. The van der Waals surface area contributed by atoms with Gasteiger partial charge in [-0.15, -0.1) is 0 Å². The minimum Gasteiger partial charge on any atom is -0.357 e. The summed E-state index contributed by atoms with van der Waals surface area (Å²) in [5.74, 6) is 1.90. The normalized spacial score (nSPS) is 21.3. The van der Waals surface area contributed by atoms with Crippen molar-refractivity contribution in [2.75, 3.05) is 32.7 Å². The lowest BCUT2D eigenvalue weighted by Gasteiger charge is -2.33. The van der Waals surface area contributed by atoms with E-state index in [1.807, 2.05) is 29.2 Å². The molecule has 0 aliphatic carbocycles. The van der Waals surface area contributed by atoms with Crippen LogP contribution >= 0.6 is 0 Å². The van der Waals surface area contributed by atoms with Gasteiger partial charge in [0.2, 0.25) is 0 Å². The van der Waals surface area contributed by atoms with Crippen molar-refractivity contribution >= 4 is 11.9 Å². The molecule has 1 amide bonds. The van der Waals surface area contributed by atoms with E-state index in [9.17, 15) is 4.79 Å². The second kappa shape index (κ2) is 9.77. The van der Waals surface area contributed by atoms with Crippen LogP contribution in [0.2, 0.25) is 0 Å². The first-order valence-corrected chi connectivity index (χ1v) is 10.6. The molecule has 1 aromatic carbocycles. The van der Waals surface area contributed by atoms with Crippen LogP contribution in [0.3, 0.4) is 0 Å². The molecule has 27 heavy (non-hydrogen) atoms. The van der Waals surface area contributed by atoms with Gasteiger partial charge < -0.3 is 15.1 Å². The summed E-state index contributed by atoms with van der Waals surface area (Å²) in [5.41, 5.74) is 1.94. The zero-order valence-electron chi connectivity index (χ0n) is 16.9. The van der Waals surface area contributed by atoms with Crippen molar-refractivity contribution < 1.29 is 4.79 Å². The Kier molecular flexibility index (Phi) is 7.13. The molecule has 0 spiro atoms. The molecule has 5 nitrogen and oxygen atoms in total. The summed E-state index contributed by atoms with van der Waals surface area (Å²) in [5, 5.41) is 3.43. The van der Waals surface area contributed by atoms with E-state index in [1.54, 1.807) is 0 Å². The predicted octanol–water partition coefficient (Wildman–Crippen LogP) is 3.51. The summed E-state index contributed by atoms with van der Waals surface area (Å²) in [6.45, 7) is 9.90. The molecule has 2 fully saturated rings. The van der Waals surface area contributed by atoms with Gasteiger partial charge in [-0.25, -0.2) is 4.99 Å². The third kappa shape index (κ3) is 5.47. The minimum atomic E-state index is 0.167.